The second kappa shape index (κ2) is 4.74. The summed E-state index contributed by atoms with van der Waals surface area (Å²) in [4.78, 5) is 2.42. The van der Waals surface area contributed by atoms with Crippen LogP contribution < -0.4 is 0 Å². The van der Waals surface area contributed by atoms with Gasteiger partial charge in [0.2, 0.25) is 0 Å². The molecule has 2 heterocycles. The van der Waals surface area contributed by atoms with Crippen molar-refractivity contribution >= 4 is 10.9 Å². The molecular formula is C19H20N2. The van der Waals surface area contributed by atoms with E-state index in [2.05, 4.69) is 72.2 Å². The molecule has 0 N–H and O–H groups in total. The van der Waals surface area contributed by atoms with Gasteiger partial charge in [-0.1, -0.05) is 30.3 Å². The summed E-state index contributed by atoms with van der Waals surface area (Å²) in [5.41, 5.74) is 7.19. The SMILES string of the molecule is CN1CCc2c(-c3ccccc3)cc3ccn(C)c3c2C1. The van der Waals surface area contributed by atoms with Crippen LogP contribution in [0.15, 0.2) is 48.7 Å². The molecule has 4 rings (SSSR count). The molecule has 0 spiro atoms. The average molecular weight is 276 g/mol. The lowest BCUT2D eigenvalue weighted by Gasteiger charge is -2.28. The van der Waals surface area contributed by atoms with E-state index >= 15 is 0 Å². The van der Waals surface area contributed by atoms with Crippen LogP contribution >= 0.6 is 0 Å². The molecule has 1 aliphatic rings. The van der Waals surface area contributed by atoms with Gasteiger partial charge in [0.25, 0.3) is 0 Å². The van der Waals surface area contributed by atoms with E-state index in [1.165, 1.54) is 33.2 Å². The predicted octanol–water partition coefficient (Wildman–Crippen LogP) is 3.83. The summed E-state index contributed by atoms with van der Waals surface area (Å²) in [6, 6.07) is 15.4. The van der Waals surface area contributed by atoms with E-state index < -0.39 is 0 Å². The van der Waals surface area contributed by atoms with Crippen LogP contribution in [0.1, 0.15) is 11.1 Å². The average Bonchev–Trinajstić information content (AvgIpc) is 2.89. The number of fused-ring (bicyclic) bond motifs is 3. The maximum Gasteiger partial charge on any atom is 0.0526 e. The standard InChI is InChI=1S/C19H20N2/c1-20-10-9-16-17(14-6-4-3-5-7-14)12-15-8-11-21(2)19(15)18(16)13-20/h3-8,11-12H,9-10,13H2,1-2H3. The highest BCUT2D eigenvalue weighted by Crippen LogP contribution is 2.36. The first-order valence-corrected chi connectivity index (χ1v) is 7.58. The van der Waals surface area contributed by atoms with Crippen molar-refractivity contribution in [2.24, 2.45) is 7.05 Å². The molecule has 1 aromatic heterocycles. The lowest BCUT2D eigenvalue weighted by Crippen LogP contribution is -2.27. The van der Waals surface area contributed by atoms with Crippen molar-refractivity contribution in [3.63, 3.8) is 0 Å². The Bertz CT molecular complexity index is 799. The summed E-state index contributed by atoms with van der Waals surface area (Å²) in [6.45, 7) is 2.19. The second-order valence-electron chi connectivity index (χ2n) is 6.10. The van der Waals surface area contributed by atoms with Crippen LogP contribution in [0.4, 0.5) is 0 Å². The Balaban J connectivity index is 2.05. The van der Waals surface area contributed by atoms with E-state index in [-0.39, 0.29) is 0 Å². The van der Waals surface area contributed by atoms with Gasteiger partial charge in [-0.3, -0.25) is 0 Å². The number of benzene rings is 2. The van der Waals surface area contributed by atoms with Crippen LogP contribution in [-0.2, 0) is 20.0 Å². The monoisotopic (exact) mass is 276 g/mol. The Morgan fingerprint density at radius 2 is 1.76 bits per heavy atom. The van der Waals surface area contributed by atoms with Crippen molar-refractivity contribution in [2.45, 2.75) is 13.0 Å². The topological polar surface area (TPSA) is 8.17 Å². The highest BCUT2D eigenvalue weighted by atomic mass is 15.1. The number of nitrogens with zero attached hydrogens (tertiary/aromatic N) is 2. The van der Waals surface area contributed by atoms with Gasteiger partial charge in [0, 0.05) is 31.7 Å². The molecule has 0 fully saturated rings. The van der Waals surface area contributed by atoms with Crippen LogP contribution in [0.25, 0.3) is 22.0 Å². The van der Waals surface area contributed by atoms with Crippen molar-refractivity contribution in [3.8, 4) is 11.1 Å². The quantitative estimate of drug-likeness (QED) is 0.655. The highest BCUT2D eigenvalue weighted by Gasteiger charge is 2.21. The molecule has 0 saturated carbocycles. The predicted molar refractivity (Wildman–Crippen MR) is 88.4 cm³/mol. The molecule has 0 saturated heterocycles. The van der Waals surface area contributed by atoms with Gasteiger partial charge in [-0.15, -0.1) is 0 Å². The smallest absolute Gasteiger partial charge is 0.0526 e. The van der Waals surface area contributed by atoms with Gasteiger partial charge >= 0.3 is 0 Å². The molecule has 0 bridgehead atoms. The van der Waals surface area contributed by atoms with Crippen molar-refractivity contribution < 1.29 is 0 Å². The molecule has 2 heteroatoms. The number of hydrogen-bond donors (Lipinski definition) is 0. The number of rotatable bonds is 1. The molecule has 21 heavy (non-hydrogen) atoms. The number of aromatic nitrogens is 1. The van der Waals surface area contributed by atoms with Gasteiger partial charge in [-0.2, -0.15) is 0 Å². The van der Waals surface area contributed by atoms with Crippen LogP contribution in [0, 0.1) is 0 Å². The van der Waals surface area contributed by atoms with Gasteiger partial charge in [0.15, 0.2) is 0 Å². The summed E-state index contributed by atoms with van der Waals surface area (Å²) in [5.74, 6) is 0. The molecule has 1 aliphatic heterocycles. The molecule has 2 nitrogen and oxygen atoms in total. The van der Waals surface area contributed by atoms with Gasteiger partial charge in [0.1, 0.15) is 0 Å². The molecular weight excluding hydrogens is 256 g/mol. The van der Waals surface area contributed by atoms with E-state index in [1.54, 1.807) is 0 Å². The van der Waals surface area contributed by atoms with Gasteiger partial charge in [-0.05, 0) is 47.9 Å². The lowest BCUT2D eigenvalue weighted by atomic mass is 9.89. The highest BCUT2D eigenvalue weighted by molar-refractivity contribution is 5.91. The van der Waals surface area contributed by atoms with E-state index in [0.717, 1.165) is 19.5 Å². The lowest BCUT2D eigenvalue weighted by molar-refractivity contribution is 0.314. The van der Waals surface area contributed by atoms with Gasteiger partial charge in [0.05, 0.1) is 5.52 Å². The summed E-state index contributed by atoms with van der Waals surface area (Å²) in [7, 11) is 4.37. The molecule has 3 aromatic rings. The molecule has 0 aliphatic carbocycles. The minimum atomic E-state index is 1.05. The summed E-state index contributed by atoms with van der Waals surface area (Å²) in [5, 5.41) is 1.35. The van der Waals surface area contributed by atoms with Gasteiger partial charge < -0.3 is 9.47 Å². The molecule has 0 unspecified atom stereocenters. The Morgan fingerprint density at radius 3 is 2.57 bits per heavy atom. The van der Waals surface area contributed by atoms with Crippen molar-refractivity contribution in [2.75, 3.05) is 13.6 Å². The summed E-state index contributed by atoms with van der Waals surface area (Å²) < 4.78 is 2.27. The summed E-state index contributed by atoms with van der Waals surface area (Å²) >= 11 is 0. The normalized spacial score (nSPS) is 15.3. The maximum atomic E-state index is 2.42. The molecule has 106 valence electrons. The first-order chi connectivity index (χ1) is 10.2. The van der Waals surface area contributed by atoms with E-state index in [1.807, 2.05) is 0 Å². The van der Waals surface area contributed by atoms with Crippen molar-refractivity contribution in [1.82, 2.24) is 9.47 Å². The molecule has 0 atom stereocenters. The van der Waals surface area contributed by atoms with Crippen LogP contribution in [0.2, 0.25) is 0 Å². The fraction of sp³-hybridized carbons (Fsp3) is 0.263. The first-order valence-electron chi connectivity index (χ1n) is 7.58. The first kappa shape index (κ1) is 12.7. The summed E-state index contributed by atoms with van der Waals surface area (Å²) in [6.07, 6.45) is 3.31. The minimum Gasteiger partial charge on any atom is -0.350 e. The molecule has 0 amide bonds. The number of aryl methyl sites for hydroxylation is 1. The third-order valence-electron chi connectivity index (χ3n) is 4.64. The Labute approximate surface area is 125 Å². The fourth-order valence-corrected chi connectivity index (χ4v) is 3.58. The van der Waals surface area contributed by atoms with Gasteiger partial charge in [-0.25, -0.2) is 0 Å². The zero-order valence-electron chi connectivity index (χ0n) is 12.6. The van der Waals surface area contributed by atoms with Crippen LogP contribution in [0.3, 0.4) is 0 Å². The maximum absolute atomic E-state index is 2.42. The Kier molecular flexibility index (Phi) is 2.86. The number of likely N-dealkylation sites (N-methyl/N-ethyl adjacent to an activating group) is 1. The Hall–Kier alpha value is -2.06. The van der Waals surface area contributed by atoms with Crippen LogP contribution in [-0.4, -0.2) is 23.1 Å². The third kappa shape index (κ3) is 1.98. The molecule has 2 aromatic carbocycles. The van der Waals surface area contributed by atoms with E-state index in [0.29, 0.717) is 0 Å². The van der Waals surface area contributed by atoms with E-state index in [9.17, 15) is 0 Å². The minimum absolute atomic E-state index is 1.05. The third-order valence-corrected chi connectivity index (χ3v) is 4.64. The Morgan fingerprint density at radius 1 is 0.952 bits per heavy atom. The van der Waals surface area contributed by atoms with Crippen LogP contribution in [0.5, 0.6) is 0 Å². The largest absolute Gasteiger partial charge is 0.350 e. The zero-order chi connectivity index (χ0) is 14.4. The van der Waals surface area contributed by atoms with Crippen molar-refractivity contribution in [3.05, 3.63) is 59.8 Å². The molecule has 0 radical (unpaired) electrons. The van der Waals surface area contributed by atoms with Crippen molar-refractivity contribution in [1.29, 1.82) is 0 Å². The fourth-order valence-electron chi connectivity index (χ4n) is 3.58. The number of hydrogen-bond acceptors (Lipinski definition) is 1. The second-order valence-corrected chi connectivity index (χ2v) is 6.10. The van der Waals surface area contributed by atoms with E-state index in [4.69, 9.17) is 0 Å². The zero-order valence-corrected chi connectivity index (χ0v) is 12.6.